The van der Waals surface area contributed by atoms with E-state index in [9.17, 15) is 9.59 Å². The predicted octanol–water partition coefficient (Wildman–Crippen LogP) is 2.03. The molecule has 1 atom stereocenters. The molecule has 0 aliphatic rings. The van der Waals surface area contributed by atoms with Crippen LogP contribution in [0.1, 0.15) is 32.5 Å². The van der Waals surface area contributed by atoms with E-state index in [0.717, 1.165) is 5.39 Å². The summed E-state index contributed by atoms with van der Waals surface area (Å²) in [6, 6.07) is 6.50. The third-order valence-corrected chi connectivity index (χ3v) is 3.69. The van der Waals surface area contributed by atoms with Crippen LogP contribution in [0, 0.1) is 5.92 Å². The van der Waals surface area contributed by atoms with Gasteiger partial charge in [0.1, 0.15) is 0 Å². The molecule has 0 saturated heterocycles. The van der Waals surface area contributed by atoms with E-state index in [1.165, 1.54) is 4.68 Å². The first-order valence-corrected chi connectivity index (χ1v) is 7.35. The first-order valence-electron chi connectivity index (χ1n) is 7.35. The fourth-order valence-corrected chi connectivity index (χ4v) is 2.62. The lowest BCUT2D eigenvalue weighted by Crippen LogP contribution is -2.41. The van der Waals surface area contributed by atoms with Gasteiger partial charge in [0, 0.05) is 19.0 Å². The van der Waals surface area contributed by atoms with Crippen molar-refractivity contribution in [3.05, 3.63) is 40.3 Å². The highest BCUT2D eigenvalue weighted by atomic mass is 16.2. The van der Waals surface area contributed by atoms with Crippen molar-refractivity contribution in [1.29, 1.82) is 0 Å². The number of nitrogens with two attached hydrogens (primary N) is 1. The van der Waals surface area contributed by atoms with E-state index in [1.54, 1.807) is 18.0 Å². The molecular formula is C16H22N4O2. The zero-order valence-corrected chi connectivity index (χ0v) is 13.4. The van der Waals surface area contributed by atoms with Crippen molar-refractivity contribution in [3.8, 4) is 0 Å². The number of hydrogen-bond acceptors (Lipinski definition) is 3. The summed E-state index contributed by atoms with van der Waals surface area (Å²) < 4.78 is 1.31. The Morgan fingerprint density at radius 2 is 1.86 bits per heavy atom. The van der Waals surface area contributed by atoms with Gasteiger partial charge >= 0.3 is 6.03 Å². The molecule has 0 spiro atoms. The normalized spacial score (nSPS) is 12.6. The highest BCUT2D eigenvalue weighted by molar-refractivity contribution is 5.84. The zero-order valence-electron chi connectivity index (χ0n) is 13.4. The summed E-state index contributed by atoms with van der Waals surface area (Å²) in [5.74, 6) is 0.286. The van der Waals surface area contributed by atoms with Crippen LogP contribution in [0.4, 0.5) is 4.79 Å². The van der Waals surface area contributed by atoms with Gasteiger partial charge in [-0.1, -0.05) is 32.0 Å². The predicted molar refractivity (Wildman–Crippen MR) is 86.5 cm³/mol. The minimum atomic E-state index is -0.485. The van der Waals surface area contributed by atoms with E-state index in [0.29, 0.717) is 17.6 Å². The Bertz CT molecular complexity index is 751. The van der Waals surface area contributed by atoms with E-state index < -0.39 is 6.03 Å². The maximum atomic E-state index is 12.2. The smallest absolute Gasteiger partial charge is 0.315 e. The van der Waals surface area contributed by atoms with Crippen LogP contribution >= 0.6 is 0 Å². The topological polar surface area (TPSA) is 81.2 Å². The first kappa shape index (κ1) is 16.0. The van der Waals surface area contributed by atoms with Gasteiger partial charge in [-0.05, 0) is 18.9 Å². The van der Waals surface area contributed by atoms with Gasteiger partial charge in [-0.25, -0.2) is 9.48 Å². The summed E-state index contributed by atoms with van der Waals surface area (Å²) >= 11 is 0. The van der Waals surface area contributed by atoms with Gasteiger partial charge in [0.05, 0.1) is 17.1 Å². The summed E-state index contributed by atoms with van der Waals surface area (Å²) in [5, 5.41) is 5.72. The van der Waals surface area contributed by atoms with Crippen molar-refractivity contribution in [2.75, 3.05) is 6.54 Å². The maximum absolute atomic E-state index is 12.2. The molecule has 22 heavy (non-hydrogen) atoms. The Labute approximate surface area is 129 Å². The molecule has 0 saturated carbocycles. The van der Waals surface area contributed by atoms with Gasteiger partial charge < -0.3 is 10.6 Å². The minimum Gasteiger partial charge on any atom is -0.351 e. The summed E-state index contributed by atoms with van der Waals surface area (Å²) in [7, 11) is 1.61. The van der Waals surface area contributed by atoms with Crippen molar-refractivity contribution in [1.82, 2.24) is 14.7 Å². The summed E-state index contributed by atoms with van der Waals surface area (Å²) in [6.07, 6.45) is 0. The molecule has 2 aromatic rings. The fraction of sp³-hybridized carbons (Fsp3) is 0.438. The number of amides is 2. The van der Waals surface area contributed by atoms with Crippen LogP contribution in [0.5, 0.6) is 0 Å². The number of hydrogen-bond donors (Lipinski definition) is 1. The van der Waals surface area contributed by atoms with Crippen LogP contribution in [-0.4, -0.2) is 27.3 Å². The van der Waals surface area contributed by atoms with Crippen molar-refractivity contribution < 1.29 is 4.79 Å². The Kier molecular flexibility index (Phi) is 4.49. The number of aromatic nitrogens is 2. The number of urea groups is 1. The van der Waals surface area contributed by atoms with Gasteiger partial charge in [0.25, 0.3) is 5.56 Å². The van der Waals surface area contributed by atoms with Crippen LogP contribution in [-0.2, 0) is 7.05 Å². The highest BCUT2D eigenvalue weighted by Gasteiger charge is 2.24. The van der Waals surface area contributed by atoms with Crippen molar-refractivity contribution >= 4 is 16.8 Å². The van der Waals surface area contributed by atoms with E-state index in [2.05, 4.69) is 5.10 Å². The van der Waals surface area contributed by atoms with E-state index in [1.807, 2.05) is 39.0 Å². The molecule has 1 aromatic heterocycles. The van der Waals surface area contributed by atoms with Crippen molar-refractivity contribution in [3.63, 3.8) is 0 Å². The van der Waals surface area contributed by atoms with Gasteiger partial charge in [0.2, 0.25) is 0 Å². The molecule has 0 aliphatic heterocycles. The third kappa shape index (κ3) is 2.95. The molecule has 1 heterocycles. The molecule has 1 unspecified atom stereocenters. The quantitative estimate of drug-likeness (QED) is 0.938. The molecule has 0 fully saturated rings. The number of nitrogens with zero attached hydrogens (tertiary/aromatic N) is 3. The number of benzene rings is 1. The number of rotatable bonds is 4. The third-order valence-electron chi connectivity index (χ3n) is 3.69. The monoisotopic (exact) mass is 302 g/mol. The molecule has 2 rings (SSSR count). The second-order valence-electron chi connectivity index (χ2n) is 5.92. The number of carbonyl (C=O) groups is 1. The Hall–Kier alpha value is -2.37. The molecule has 0 radical (unpaired) electrons. The average Bonchev–Trinajstić information content (AvgIpc) is 2.47. The second kappa shape index (κ2) is 6.17. The number of aryl methyl sites for hydroxylation is 1. The maximum Gasteiger partial charge on any atom is 0.315 e. The molecule has 2 N–H and O–H groups in total. The molecule has 0 aliphatic carbocycles. The van der Waals surface area contributed by atoms with Crippen molar-refractivity contribution in [2.24, 2.45) is 18.7 Å². The fourth-order valence-electron chi connectivity index (χ4n) is 2.62. The number of primary amides is 1. The van der Waals surface area contributed by atoms with Crippen LogP contribution in [0.3, 0.4) is 0 Å². The summed E-state index contributed by atoms with van der Waals surface area (Å²) in [6.45, 7) is 6.46. The minimum absolute atomic E-state index is 0.152. The molecule has 1 aromatic carbocycles. The zero-order chi connectivity index (χ0) is 16.4. The van der Waals surface area contributed by atoms with Crippen LogP contribution < -0.4 is 11.3 Å². The molecule has 6 nitrogen and oxygen atoms in total. The molecule has 2 amide bonds. The van der Waals surface area contributed by atoms with Crippen molar-refractivity contribution in [2.45, 2.75) is 26.8 Å². The SMILES string of the molecule is CC(C)CN(C(N)=O)C(C)c1nn(C)c(=O)c2ccccc12. The van der Waals surface area contributed by atoms with Gasteiger partial charge in [0.15, 0.2) is 0 Å². The van der Waals surface area contributed by atoms with Crippen LogP contribution in [0.15, 0.2) is 29.1 Å². The Morgan fingerprint density at radius 1 is 1.27 bits per heavy atom. The van der Waals surface area contributed by atoms with E-state index >= 15 is 0 Å². The average molecular weight is 302 g/mol. The molecule has 118 valence electrons. The lowest BCUT2D eigenvalue weighted by molar-refractivity contribution is 0.178. The lowest BCUT2D eigenvalue weighted by atomic mass is 10.0. The Morgan fingerprint density at radius 3 is 2.41 bits per heavy atom. The van der Waals surface area contributed by atoms with Gasteiger partial charge in [-0.15, -0.1) is 0 Å². The van der Waals surface area contributed by atoms with Gasteiger partial charge in [-0.2, -0.15) is 5.10 Å². The number of carbonyl (C=O) groups excluding carboxylic acids is 1. The standard InChI is InChI=1S/C16H22N4O2/c1-10(2)9-20(16(17)22)11(3)14-12-7-5-6-8-13(12)15(21)19(4)18-14/h5-8,10-11H,9H2,1-4H3,(H2,17,22). The van der Waals surface area contributed by atoms with E-state index in [-0.39, 0.29) is 17.5 Å². The Balaban J connectivity index is 2.60. The second-order valence-corrected chi connectivity index (χ2v) is 5.92. The lowest BCUT2D eigenvalue weighted by Gasteiger charge is -2.29. The molecule has 0 bridgehead atoms. The summed E-state index contributed by atoms with van der Waals surface area (Å²) in [5.41, 5.74) is 6.05. The first-order chi connectivity index (χ1) is 10.3. The summed E-state index contributed by atoms with van der Waals surface area (Å²) in [4.78, 5) is 25.6. The van der Waals surface area contributed by atoms with Crippen LogP contribution in [0.25, 0.3) is 10.8 Å². The van der Waals surface area contributed by atoms with E-state index in [4.69, 9.17) is 5.73 Å². The number of fused-ring (bicyclic) bond motifs is 1. The van der Waals surface area contributed by atoms with Crippen LogP contribution in [0.2, 0.25) is 0 Å². The molecule has 6 heteroatoms. The van der Waals surface area contributed by atoms with Gasteiger partial charge in [-0.3, -0.25) is 4.79 Å². The highest BCUT2D eigenvalue weighted by Crippen LogP contribution is 2.25. The largest absolute Gasteiger partial charge is 0.351 e. The molecular weight excluding hydrogens is 280 g/mol.